The molecular formula is C20H27N5O. The molecule has 0 amide bonds. The van der Waals surface area contributed by atoms with E-state index in [0.29, 0.717) is 12.4 Å². The van der Waals surface area contributed by atoms with Gasteiger partial charge in [0.1, 0.15) is 11.6 Å². The van der Waals surface area contributed by atoms with Gasteiger partial charge in [-0.15, -0.1) is 0 Å². The Hall–Kier alpha value is -2.34. The molecule has 0 bridgehead atoms. The predicted molar refractivity (Wildman–Crippen MR) is 103 cm³/mol. The molecule has 2 N–H and O–H groups in total. The first-order valence-corrected chi connectivity index (χ1v) is 9.57. The molecule has 3 heterocycles. The second-order valence-electron chi connectivity index (χ2n) is 7.07. The summed E-state index contributed by atoms with van der Waals surface area (Å²) in [6.45, 7) is 7.50. The van der Waals surface area contributed by atoms with Crippen LogP contribution >= 0.6 is 0 Å². The third kappa shape index (κ3) is 3.60. The standard InChI is InChI=1S/C20H27N5O/c1-2-26-16-7-5-15(6-8-16)13-24-12-9-17-18(14-24)22-20(23-19(17)21)25-10-3-4-11-25/h5-8H,2-4,9-14H2,1H3,(H2,21,22,23). The minimum Gasteiger partial charge on any atom is -0.494 e. The summed E-state index contributed by atoms with van der Waals surface area (Å²) < 4.78 is 5.52. The number of nitrogens with two attached hydrogens (primary N) is 1. The molecule has 1 aromatic heterocycles. The van der Waals surface area contributed by atoms with E-state index in [2.05, 4.69) is 26.9 Å². The molecule has 6 nitrogen and oxygen atoms in total. The van der Waals surface area contributed by atoms with Crippen molar-refractivity contribution in [2.24, 2.45) is 0 Å². The van der Waals surface area contributed by atoms with Crippen LogP contribution in [0.5, 0.6) is 5.75 Å². The van der Waals surface area contributed by atoms with Crippen molar-refractivity contribution in [1.29, 1.82) is 0 Å². The maximum absolute atomic E-state index is 6.24. The van der Waals surface area contributed by atoms with Crippen molar-refractivity contribution in [1.82, 2.24) is 14.9 Å². The third-order valence-corrected chi connectivity index (χ3v) is 5.19. The Labute approximate surface area is 155 Å². The Morgan fingerprint density at radius 3 is 2.58 bits per heavy atom. The van der Waals surface area contributed by atoms with Gasteiger partial charge in [0.15, 0.2) is 0 Å². The van der Waals surface area contributed by atoms with Crippen LogP contribution in [0.25, 0.3) is 0 Å². The van der Waals surface area contributed by atoms with E-state index in [-0.39, 0.29) is 0 Å². The van der Waals surface area contributed by atoms with Gasteiger partial charge in [-0.3, -0.25) is 4.90 Å². The van der Waals surface area contributed by atoms with Crippen LogP contribution in [0.4, 0.5) is 11.8 Å². The van der Waals surface area contributed by atoms with E-state index in [1.807, 2.05) is 19.1 Å². The summed E-state index contributed by atoms with van der Waals surface area (Å²) in [6, 6.07) is 8.37. The quantitative estimate of drug-likeness (QED) is 0.891. The lowest BCUT2D eigenvalue weighted by Gasteiger charge is -2.29. The number of fused-ring (bicyclic) bond motifs is 1. The molecule has 0 spiro atoms. The molecule has 2 aliphatic rings. The van der Waals surface area contributed by atoms with Crippen LogP contribution in [0.2, 0.25) is 0 Å². The van der Waals surface area contributed by atoms with Crippen molar-refractivity contribution in [3.8, 4) is 5.75 Å². The normalized spacial score (nSPS) is 17.3. The van der Waals surface area contributed by atoms with E-state index in [0.717, 1.165) is 62.1 Å². The van der Waals surface area contributed by atoms with Crippen molar-refractivity contribution < 1.29 is 4.74 Å². The van der Waals surface area contributed by atoms with E-state index >= 15 is 0 Å². The van der Waals surface area contributed by atoms with Crippen molar-refractivity contribution in [2.75, 3.05) is 36.9 Å². The number of hydrogen-bond acceptors (Lipinski definition) is 6. The molecular weight excluding hydrogens is 326 g/mol. The number of benzene rings is 1. The third-order valence-electron chi connectivity index (χ3n) is 5.19. The number of hydrogen-bond donors (Lipinski definition) is 1. The van der Waals surface area contributed by atoms with Gasteiger partial charge in [-0.05, 0) is 43.9 Å². The Balaban J connectivity index is 1.47. The Morgan fingerprint density at radius 2 is 1.85 bits per heavy atom. The topological polar surface area (TPSA) is 67.5 Å². The average molecular weight is 353 g/mol. The van der Waals surface area contributed by atoms with Gasteiger partial charge >= 0.3 is 0 Å². The monoisotopic (exact) mass is 353 g/mol. The zero-order valence-electron chi connectivity index (χ0n) is 15.4. The molecule has 138 valence electrons. The van der Waals surface area contributed by atoms with Crippen molar-refractivity contribution in [2.45, 2.75) is 39.3 Å². The Bertz CT molecular complexity index is 756. The highest BCUT2D eigenvalue weighted by Crippen LogP contribution is 2.26. The lowest BCUT2D eigenvalue weighted by atomic mass is 10.0. The summed E-state index contributed by atoms with van der Waals surface area (Å²) in [6.07, 6.45) is 3.34. The highest BCUT2D eigenvalue weighted by molar-refractivity contribution is 5.49. The molecule has 6 heteroatoms. The molecule has 0 atom stereocenters. The fourth-order valence-corrected chi connectivity index (χ4v) is 3.81. The van der Waals surface area contributed by atoms with Gasteiger partial charge in [-0.25, -0.2) is 4.98 Å². The first-order valence-electron chi connectivity index (χ1n) is 9.57. The molecule has 2 aromatic rings. The predicted octanol–water partition coefficient (Wildman–Crippen LogP) is 2.62. The maximum atomic E-state index is 6.24. The second-order valence-corrected chi connectivity index (χ2v) is 7.07. The maximum Gasteiger partial charge on any atom is 0.227 e. The van der Waals surface area contributed by atoms with E-state index in [1.54, 1.807) is 0 Å². The molecule has 1 fully saturated rings. The summed E-state index contributed by atoms with van der Waals surface area (Å²) in [5.41, 5.74) is 9.76. The van der Waals surface area contributed by atoms with Gasteiger partial charge in [0.2, 0.25) is 5.95 Å². The Morgan fingerprint density at radius 1 is 1.08 bits per heavy atom. The number of rotatable bonds is 5. The summed E-state index contributed by atoms with van der Waals surface area (Å²) >= 11 is 0. The summed E-state index contributed by atoms with van der Waals surface area (Å²) in [7, 11) is 0. The molecule has 1 saturated heterocycles. The lowest BCUT2D eigenvalue weighted by molar-refractivity contribution is 0.241. The minimum absolute atomic E-state index is 0.664. The number of nitrogen functional groups attached to an aromatic ring is 1. The fourth-order valence-electron chi connectivity index (χ4n) is 3.81. The number of aromatic nitrogens is 2. The number of nitrogens with zero attached hydrogens (tertiary/aromatic N) is 4. The lowest BCUT2D eigenvalue weighted by Crippen LogP contribution is -2.32. The molecule has 26 heavy (non-hydrogen) atoms. The van der Waals surface area contributed by atoms with Gasteiger partial charge in [0.05, 0.1) is 12.3 Å². The minimum atomic E-state index is 0.664. The van der Waals surface area contributed by atoms with Crippen LogP contribution in [0.1, 0.15) is 36.6 Å². The van der Waals surface area contributed by atoms with Crippen LogP contribution in [0.15, 0.2) is 24.3 Å². The summed E-state index contributed by atoms with van der Waals surface area (Å²) in [5.74, 6) is 2.40. The number of ether oxygens (including phenoxy) is 1. The summed E-state index contributed by atoms with van der Waals surface area (Å²) in [5, 5.41) is 0. The van der Waals surface area contributed by atoms with Gasteiger partial charge in [0, 0.05) is 38.3 Å². The van der Waals surface area contributed by atoms with Crippen LogP contribution < -0.4 is 15.4 Å². The molecule has 0 unspecified atom stereocenters. The molecule has 1 aromatic carbocycles. The van der Waals surface area contributed by atoms with Gasteiger partial charge in [0.25, 0.3) is 0 Å². The molecule has 0 saturated carbocycles. The Kier molecular flexibility index (Phi) is 4.93. The zero-order chi connectivity index (χ0) is 17.9. The zero-order valence-corrected chi connectivity index (χ0v) is 15.4. The van der Waals surface area contributed by atoms with Crippen LogP contribution in [-0.2, 0) is 19.5 Å². The fraction of sp³-hybridized carbons (Fsp3) is 0.500. The van der Waals surface area contributed by atoms with Gasteiger partial charge < -0.3 is 15.4 Å². The molecule has 0 radical (unpaired) electrons. The second kappa shape index (κ2) is 7.50. The first-order chi connectivity index (χ1) is 12.7. The van der Waals surface area contributed by atoms with E-state index in [4.69, 9.17) is 15.5 Å². The van der Waals surface area contributed by atoms with Crippen molar-refractivity contribution in [3.05, 3.63) is 41.1 Å². The molecule has 4 rings (SSSR count). The van der Waals surface area contributed by atoms with Crippen LogP contribution in [0, 0.1) is 0 Å². The summed E-state index contributed by atoms with van der Waals surface area (Å²) in [4.78, 5) is 14.1. The number of anilines is 2. The smallest absolute Gasteiger partial charge is 0.227 e. The van der Waals surface area contributed by atoms with E-state index in [9.17, 15) is 0 Å². The van der Waals surface area contributed by atoms with Gasteiger partial charge in [-0.2, -0.15) is 4.98 Å². The highest BCUT2D eigenvalue weighted by Gasteiger charge is 2.24. The first kappa shape index (κ1) is 17.1. The van der Waals surface area contributed by atoms with E-state index in [1.165, 1.54) is 18.4 Å². The molecule has 0 aliphatic carbocycles. The van der Waals surface area contributed by atoms with Crippen LogP contribution in [0.3, 0.4) is 0 Å². The molecule has 2 aliphatic heterocycles. The average Bonchev–Trinajstić information content (AvgIpc) is 3.18. The SMILES string of the molecule is CCOc1ccc(CN2CCc3c(N)nc(N4CCCC4)nc3C2)cc1. The van der Waals surface area contributed by atoms with Gasteiger partial charge in [-0.1, -0.05) is 12.1 Å². The van der Waals surface area contributed by atoms with Crippen LogP contribution in [-0.4, -0.2) is 41.1 Å². The van der Waals surface area contributed by atoms with Crippen molar-refractivity contribution in [3.63, 3.8) is 0 Å². The van der Waals surface area contributed by atoms with E-state index < -0.39 is 0 Å². The van der Waals surface area contributed by atoms with Crippen molar-refractivity contribution >= 4 is 11.8 Å². The largest absolute Gasteiger partial charge is 0.494 e. The highest BCUT2D eigenvalue weighted by atomic mass is 16.5.